The number of aromatic nitrogens is 2. The minimum atomic E-state index is -0.355. The maximum absolute atomic E-state index is 11.9. The average molecular weight is 262 g/mol. The zero-order valence-corrected chi connectivity index (χ0v) is 11.1. The van der Waals surface area contributed by atoms with Crippen molar-refractivity contribution in [3.8, 4) is 11.4 Å². The molecule has 0 spiro atoms. The van der Waals surface area contributed by atoms with Crippen molar-refractivity contribution >= 4 is 12.6 Å². The Kier molecular flexibility index (Phi) is 3.43. The molecular weight excluding hydrogens is 248 g/mol. The van der Waals surface area contributed by atoms with Crippen molar-refractivity contribution in [3.05, 3.63) is 51.4 Å². The zero-order valence-electron chi connectivity index (χ0n) is 10.2. The molecule has 18 heavy (non-hydrogen) atoms. The van der Waals surface area contributed by atoms with Crippen LogP contribution in [0.3, 0.4) is 0 Å². The van der Waals surface area contributed by atoms with Crippen LogP contribution in [0.25, 0.3) is 5.69 Å². The van der Waals surface area contributed by atoms with Crippen molar-refractivity contribution in [2.24, 2.45) is 0 Å². The van der Waals surface area contributed by atoms with Crippen LogP contribution in [-0.2, 0) is 5.75 Å². The van der Waals surface area contributed by atoms with Crippen molar-refractivity contribution in [2.45, 2.75) is 19.6 Å². The lowest BCUT2D eigenvalue weighted by atomic mass is 10.1. The van der Waals surface area contributed by atoms with Crippen LogP contribution in [-0.4, -0.2) is 14.9 Å². The van der Waals surface area contributed by atoms with Gasteiger partial charge in [0.25, 0.3) is 5.56 Å². The summed E-state index contributed by atoms with van der Waals surface area (Å²) in [6.45, 7) is 3.87. The third kappa shape index (κ3) is 2.26. The smallest absolute Gasteiger partial charge is 0.275 e. The quantitative estimate of drug-likeness (QED) is 0.814. The normalized spacial score (nSPS) is 10.6. The number of aromatic hydroxyl groups is 1. The molecule has 0 fully saturated rings. The van der Waals surface area contributed by atoms with E-state index in [2.05, 4.69) is 17.7 Å². The second kappa shape index (κ2) is 4.86. The second-order valence-electron chi connectivity index (χ2n) is 4.17. The summed E-state index contributed by atoms with van der Waals surface area (Å²) in [5.74, 6) is 0.160. The predicted octanol–water partition coefficient (Wildman–Crippen LogP) is 1.98. The van der Waals surface area contributed by atoms with Crippen molar-refractivity contribution in [1.82, 2.24) is 9.78 Å². The molecule has 0 saturated heterocycles. The van der Waals surface area contributed by atoms with Gasteiger partial charge in [0.1, 0.15) is 11.4 Å². The van der Waals surface area contributed by atoms with Gasteiger partial charge in [-0.05, 0) is 31.0 Å². The molecule has 4 nitrogen and oxygen atoms in total. The largest absolute Gasteiger partial charge is 0.506 e. The fraction of sp³-hybridized carbons (Fsp3) is 0.231. The summed E-state index contributed by atoms with van der Waals surface area (Å²) in [6, 6.07) is 6.97. The van der Waals surface area contributed by atoms with Crippen LogP contribution >= 0.6 is 12.6 Å². The summed E-state index contributed by atoms with van der Waals surface area (Å²) in [5, 5.41) is 13.7. The molecule has 0 radical (unpaired) electrons. The number of nitrogens with zero attached hydrogens (tertiary/aromatic N) is 2. The van der Waals surface area contributed by atoms with E-state index in [9.17, 15) is 9.90 Å². The van der Waals surface area contributed by atoms with E-state index < -0.39 is 0 Å². The van der Waals surface area contributed by atoms with Gasteiger partial charge in [0, 0.05) is 11.8 Å². The van der Waals surface area contributed by atoms with Gasteiger partial charge in [-0.2, -0.15) is 22.4 Å². The Morgan fingerprint density at radius 2 is 2.06 bits per heavy atom. The second-order valence-corrected chi connectivity index (χ2v) is 4.49. The molecule has 0 atom stereocenters. The molecule has 0 aliphatic rings. The predicted molar refractivity (Wildman–Crippen MR) is 73.7 cm³/mol. The van der Waals surface area contributed by atoms with Gasteiger partial charge in [-0.15, -0.1) is 0 Å². The maximum Gasteiger partial charge on any atom is 0.275 e. The van der Waals surface area contributed by atoms with E-state index in [1.165, 1.54) is 10.7 Å². The highest BCUT2D eigenvalue weighted by molar-refractivity contribution is 7.79. The number of aryl methyl sites for hydroxylation is 2. The van der Waals surface area contributed by atoms with Crippen LogP contribution in [0.2, 0.25) is 0 Å². The van der Waals surface area contributed by atoms with Crippen molar-refractivity contribution in [3.63, 3.8) is 0 Å². The van der Waals surface area contributed by atoms with Gasteiger partial charge in [0.2, 0.25) is 0 Å². The van der Waals surface area contributed by atoms with Crippen LogP contribution < -0.4 is 5.56 Å². The molecule has 1 aromatic carbocycles. The van der Waals surface area contributed by atoms with E-state index in [1.807, 2.05) is 32.0 Å². The van der Waals surface area contributed by atoms with Crippen LogP contribution in [0, 0.1) is 13.8 Å². The van der Waals surface area contributed by atoms with Gasteiger partial charge in [-0.1, -0.05) is 12.1 Å². The molecule has 1 heterocycles. The number of benzene rings is 1. The third-order valence-corrected chi connectivity index (χ3v) is 3.03. The highest BCUT2D eigenvalue weighted by atomic mass is 32.1. The summed E-state index contributed by atoms with van der Waals surface area (Å²) >= 11 is 4.08. The van der Waals surface area contributed by atoms with E-state index in [0.717, 1.165) is 16.8 Å². The first-order valence-corrected chi connectivity index (χ1v) is 6.17. The summed E-state index contributed by atoms with van der Waals surface area (Å²) in [7, 11) is 0. The molecule has 0 amide bonds. The lowest BCUT2D eigenvalue weighted by molar-refractivity contribution is 0.460. The Morgan fingerprint density at radius 3 is 2.72 bits per heavy atom. The standard InChI is InChI=1S/C13H14N2O2S/c1-8-3-4-9(2)11(5-8)15-13(17)6-12(16)10(7-18)14-15/h3-6,16,18H,7H2,1-2H3. The zero-order chi connectivity index (χ0) is 13.3. The van der Waals surface area contributed by atoms with E-state index in [0.29, 0.717) is 5.69 Å². The molecule has 0 aliphatic carbocycles. The Balaban J connectivity index is 2.71. The molecule has 94 valence electrons. The molecule has 0 aliphatic heterocycles. The Hall–Kier alpha value is -1.75. The van der Waals surface area contributed by atoms with Crippen LogP contribution in [0.15, 0.2) is 29.1 Å². The van der Waals surface area contributed by atoms with Crippen LogP contribution in [0.4, 0.5) is 0 Å². The molecule has 1 N–H and O–H groups in total. The van der Waals surface area contributed by atoms with E-state index in [1.54, 1.807) is 0 Å². The average Bonchev–Trinajstić information content (AvgIpc) is 2.33. The number of hydrogen-bond acceptors (Lipinski definition) is 4. The number of rotatable bonds is 2. The number of thiol groups is 1. The Morgan fingerprint density at radius 1 is 1.33 bits per heavy atom. The fourth-order valence-corrected chi connectivity index (χ4v) is 1.94. The lowest BCUT2D eigenvalue weighted by Gasteiger charge is -2.10. The fourth-order valence-electron chi connectivity index (χ4n) is 1.72. The molecule has 0 unspecified atom stereocenters. The number of hydrogen-bond donors (Lipinski definition) is 2. The van der Waals surface area contributed by atoms with Crippen molar-refractivity contribution in [2.75, 3.05) is 0 Å². The molecule has 0 bridgehead atoms. The summed E-state index contributed by atoms with van der Waals surface area (Å²) in [4.78, 5) is 11.9. The van der Waals surface area contributed by atoms with Gasteiger partial charge >= 0.3 is 0 Å². The Bertz CT molecular complexity index is 650. The SMILES string of the molecule is Cc1ccc(C)c(-n2nc(CS)c(O)cc2=O)c1. The van der Waals surface area contributed by atoms with Gasteiger partial charge in [0.15, 0.2) is 0 Å². The topological polar surface area (TPSA) is 55.1 Å². The summed E-state index contributed by atoms with van der Waals surface area (Å²) < 4.78 is 1.30. The van der Waals surface area contributed by atoms with Crippen LogP contribution in [0.1, 0.15) is 16.8 Å². The molecule has 2 aromatic rings. The van der Waals surface area contributed by atoms with Crippen molar-refractivity contribution in [1.29, 1.82) is 0 Å². The summed E-state index contributed by atoms with van der Waals surface area (Å²) in [6.07, 6.45) is 0. The molecule has 2 rings (SSSR count). The molecular formula is C13H14N2O2S. The van der Waals surface area contributed by atoms with Crippen LogP contribution in [0.5, 0.6) is 5.75 Å². The molecule has 1 aromatic heterocycles. The van der Waals surface area contributed by atoms with E-state index in [4.69, 9.17) is 0 Å². The van der Waals surface area contributed by atoms with Gasteiger partial charge < -0.3 is 5.11 Å². The molecule has 0 saturated carbocycles. The first kappa shape index (κ1) is 12.7. The maximum atomic E-state index is 11.9. The third-order valence-electron chi connectivity index (χ3n) is 2.73. The first-order chi connectivity index (χ1) is 8.52. The highest BCUT2D eigenvalue weighted by Gasteiger charge is 2.10. The minimum absolute atomic E-state index is 0.114. The van der Waals surface area contributed by atoms with Gasteiger partial charge in [-0.25, -0.2) is 0 Å². The van der Waals surface area contributed by atoms with Gasteiger partial charge in [-0.3, -0.25) is 4.79 Å². The highest BCUT2D eigenvalue weighted by Crippen LogP contribution is 2.17. The minimum Gasteiger partial charge on any atom is -0.506 e. The monoisotopic (exact) mass is 262 g/mol. The van der Waals surface area contributed by atoms with E-state index >= 15 is 0 Å². The first-order valence-electron chi connectivity index (χ1n) is 5.53. The van der Waals surface area contributed by atoms with Gasteiger partial charge in [0.05, 0.1) is 5.69 Å². The molecule has 5 heteroatoms. The Labute approximate surface area is 110 Å². The lowest BCUT2D eigenvalue weighted by Crippen LogP contribution is -2.22. The summed E-state index contributed by atoms with van der Waals surface area (Å²) in [5.41, 5.74) is 2.75. The van der Waals surface area contributed by atoms with Crippen molar-refractivity contribution < 1.29 is 5.11 Å². The van der Waals surface area contributed by atoms with E-state index in [-0.39, 0.29) is 17.1 Å².